The molecule has 13 nitrogen and oxygen atoms in total. The van der Waals surface area contributed by atoms with Crippen LogP contribution in [0.4, 0.5) is 11.6 Å². The van der Waals surface area contributed by atoms with Crippen molar-refractivity contribution in [2.75, 3.05) is 36.8 Å². The van der Waals surface area contributed by atoms with Crippen LogP contribution in [0, 0.1) is 23.7 Å². The van der Waals surface area contributed by atoms with Gasteiger partial charge in [-0.2, -0.15) is 0 Å². The predicted molar refractivity (Wildman–Crippen MR) is 344 cm³/mol. The third-order valence-electron chi connectivity index (χ3n) is 14.6. The third-order valence-corrected chi connectivity index (χ3v) is 14.6. The van der Waals surface area contributed by atoms with Gasteiger partial charge in [-0.15, -0.1) is 0 Å². The van der Waals surface area contributed by atoms with Crippen LogP contribution in [0.15, 0.2) is 131 Å². The zero-order valence-electron chi connectivity index (χ0n) is 50.7. The molecular formula is C70H90N8O5. The third kappa shape index (κ3) is 18.4. The van der Waals surface area contributed by atoms with Crippen LogP contribution < -0.4 is 32.8 Å². The molecule has 8 rings (SSSR count). The minimum Gasteiger partial charge on any atom is -0.503 e. The Hall–Kier alpha value is -7.77. The highest BCUT2D eigenvalue weighted by molar-refractivity contribution is 5.84. The Bertz CT molecular complexity index is 3560. The molecule has 8 aromatic rings. The molecule has 0 radical (unpaired) electrons. The van der Waals surface area contributed by atoms with Gasteiger partial charge in [0.05, 0.1) is 11.4 Å². The van der Waals surface area contributed by atoms with E-state index in [2.05, 4.69) is 150 Å². The molecule has 0 fully saturated rings. The number of rotatable bonds is 27. The molecule has 0 aliphatic carbocycles. The summed E-state index contributed by atoms with van der Waals surface area (Å²) in [6.07, 6.45) is 8.14. The van der Waals surface area contributed by atoms with Crippen LogP contribution in [0.2, 0.25) is 0 Å². The smallest absolute Gasteiger partial charge is 0.293 e. The number of pyridine rings is 4. The first kappa shape index (κ1) is 62.8. The number of unbranched alkanes of at least 4 members (excludes halogenated alkanes) is 2. The summed E-state index contributed by atoms with van der Waals surface area (Å²) in [6, 6.07) is 41.1. The standard InChI is InChI=1S/C36H46N4O3.C34H44N4O2/c1-24(2)18-30-22-33(42)36(43)40(17-14-27-12-13-28-10-6-7-11-29(28)20-27)35(30)31-21-32(19-25(3)4)39-34(23-31)38-16-9-8-15-37-26(5)41;1-23(2)17-28-21-31(39)34(40)38(16-13-25-11-12-26-9-5-6-10-27(26)19-25)33(28)29-20-30(18-24(3)4)37-32(22-29)36-15-8-7-14-35/h6-7,10-13,20-25,42H,8-9,14-19H2,1-5H3,(H,37,41)(H,38,39);5-6,9-12,19-24,39H,7-8,13-18,35H2,1-4H3,(H,36,37). The number of carbonyl (C=O) groups is 1. The van der Waals surface area contributed by atoms with Crippen molar-refractivity contribution in [1.29, 1.82) is 0 Å². The molecule has 0 atom stereocenters. The summed E-state index contributed by atoms with van der Waals surface area (Å²) >= 11 is 0. The average molecular weight is 1120 g/mol. The molecule has 7 N–H and O–H groups in total. The number of aryl methyl sites for hydroxylation is 2. The number of benzene rings is 4. The number of nitrogens with zero attached hydrogens (tertiary/aromatic N) is 4. The maximum Gasteiger partial charge on any atom is 0.293 e. The molecule has 4 heterocycles. The van der Waals surface area contributed by atoms with Crippen molar-refractivity contribution in [1.82, 2.24) is 24.4 Å². The summed E-state index contributed by atoms with van der Waals surface area (Å²) in [4.78, 5) is 48.0. The molecule has 83 heavy (non-hydrogen) atoms. The molecular weight excluding hydrogens is 1030 g/mol. The maximum atomic E-state index is 13.6. The summed E-state index contributed by atoms with van der Waals surface area (Å²) in [7, 11) is 0. The molecule has 0 bridgehead atoms. The zero-order chi connectivity index (χ0) is 59.6. The summed E-state index contributed by atoms with van der Waals surface area (Å²) in [5.41, 5.74) is 14.7. The largest absolute Gasteiger partial charge is 0.503 e. The van der Waals surface area contributed by atoms with Crippen molar-refractivity contribution in [2.45, 2.75) is 140 Å². The van der Waals surface area contributed by atoms with E-state index in [4.69, 9.17) is 15.7 Å². The Kier molecular flexibility index (Phi) is 23.1. The number of fused-ring (bicyclic) bond motifs is 2. The number of amides is 1. The van der Waals surface area contributed by atoms with Gasteiger partial charge >= 0.3 is 0 Å². The molecule has 13 heteroatoms. The lowest BCUT2D eigenvalue weighted by Crippen LogP contribution is -2.24. The van der Waals surface area contributed by atoms with Crippen LogP contribution in [0.1, 0.15) is 122 Å². The van der Waals surface area contributed by atoms with Gasteiger partial charge in [0, 0.05) is 62.2 Å². The molecule has 0 aliphatic heterocycles. The highest BCUT2D eigenvalue weighted by Gasteiger charge is 2.22. The van der Waals surface area contributed by atoms with E-state index in [9.17, 15) is 24.6 Å². The topological polar surface area (TPSA) is 189 Å². The predicted octanol–water partition coefficient (Wildman–Crippen LogP) is 13.3. The minimum absolute atomic E-state index is 0.0154. The summed E-state index contributed by atoms with van der Waals surface area (Å²) in [6.45, 7) is 22.6. The van der Waals surface area contributed by atoms with E-state index >= 15 is 0 Å². The Labute approximate surface area is 491 Å². The van der Waals surface area contributed by atoms with E-state index < -0.39 is 0 Å². The quantitative estimate of drug-likeness (QED) is 0.0270. The van der Waals surface area contributed by atoms with E-state index in [1.165, 1.54) is 28.5 Å². The van der Waals surface area contributed by atoms with Gasteiger partial charge in [-0.1, -0.05) is 140 Å². The Morgan fingerprint density at radius 1 is 0.506 bits per heavy atom. The minimum atomic E-state index is -0.377. The fraction of sp³-hybridized carbons (Fsp3) is 0.414. The summed E-state index contributed by atoms with van der Waals surface area (Å²) in [5.74, 6) is 2.70. The summed E-state index contributed by atoms with van der Waals surface area (Å²) in [5, 5.41) is 36.0. The lowest BCUT2D eigenvalue weighted by atomic mass is 9.95. The molecule has 0 unspecified atom stereocenters. The van der Waals surface area contributed by atoms with Crippen molar-refractivity contribution in [3.63, 3.8) is 0 Å². The van der Waals surface area contributed by atoms with Crippen molar-refractivity contribution in [3.05, 3.63) is 176 Å². The number of hydrogen-bond acceptors (Lipinski definition) is 10. The SMILES string of the molecule is CC(=O)NCCCCNc1cc(-c2c(CC(C)C)cc(O)c(=O)n2CCc2ccc3ccccc3c2)cc(CC(C)C)n1.CC(C)Cc1cc(-c2c(CC(C)C)cc(O)c(=O)n2CCc2ccc3ccccc3c2)cc(NCCCCN)n1. The van der Waals surface area contributed by atoms with Gasteiger partial charge in [0.15, 0.2) is 11.5 Å². The van der Waals surface area contributed by atoms with Gasteiger partial charge in [-0.3, -0.25) is 14.4 Å². The number of nitrogens with one attached hydrogen (secondary N) is 3. The van der Waals surface area contributed by atoms with Crippen LogP contribution in [0.5, 0.6) is 11.5 Å². The lowest BCUT2D eigenvalue weighted by molar-refractivity contribution is -0.118. The first-order valence-electron chi connectivity index (χ1n) is 30.2. The molecule has 4 aromatic heterocycles. The van der Waals surface area contributed by atoms with Crippen molar-refractivity contribution < 1.29 is 15.0 Å². The number of anilines is 2. The van der Waals surface area contributed by atoms with Crippen LogP contribution in [-0.4, -0.2) is 61.4 Å². The van der Waals surface area contributed by atoms with E-state index in [1.54, 1.807) is 21.3 Å². The van der Waals surface area contributed by atoms with E-state index in [0.29, 0.717) is 62.7 Å². The average Bonchev–Trinajstić information content (AvgIpc) is 3.53. The van der Waals surface area contributed by atoms with Crippen LogP contribution in [0.3, 0.4) is 0 Å². The molecule has 0 aliphatic rings. The Morgan fingerprint density at radius 3 is 1.30 bits per heavy atom. The van der Waals surface area contributed by atoms with Crippen LogP contribution in [-0.2, 0) is 56.4 Å². The van der Waals surface area contributed by atoms with Gasteiger partial charge < -0.3 is 41.0 Å². The zero-order valence-corrected chi connectivity index (χ0v) is 50.7. The summed E-state index contributed by atoms with van der Waals surface area (Å²) < 4.78 is 3.53. The maximum absolute atomic E-state index is 13.6. The highest BCUT2D eigenvalue weighted by Crippen LogP contribution is 2.33. The Balaban J connectivity index is 0.000000239. The lowest BCUT2D eigenvalue weighted by Gasteiger charge is -2.21. The first-order valence-corrected chi connectivity index (χ1v) is 30.2. The van der Waals surface area contributed by atoms with Crippen LogP contribution >= 0.6 is 0 Å². The fourth-order valence-corrected chi connectivity index (χ4v) is 10.9. The second kappa shape index (κ2) is 30.5. The van der Waals surface area contributed by atoms with Crippen LogP contribution in [0.25, 0.3) is 44.1 Å². The normalized spacial score (nSPS) is 11.5. The van der Waals surface area contributed by atoms with E-state index in [-0.39, 0.29) is 28.5 Å². The molecule has 1 amide bonds. The van der Waals surface area contributed by atoms with Crippen molar-refractivity contribution in [2.24, 2.45) is 29.4 Å². The number of carbonyl (C=O) groups excluding carboxylic acids is 1. The van der Waals surface area contributed by atoms with Gasteiger partial charge in [0.2, 0.25) is 5.91 Å². The number of nitrogens with two attached hydrogens (primary N) is 1. The van der Waals surface area contributed by atoms with Gasteiger partial charge in [0.1, 0.15) is 11.6 Å². The number of hydrogen-bond donors (Lipinski definition) is 6. The van der Waals surface area contributed by atoms with E-state index in [1.807, 2.05) is 30.3 Å². The number of aromatic hydroxyl groups is 2. The molecule has 0 saturated carbocycles. The highest BCUT2D eigenvalue weighted by atomic mass is 16.3. The van der Waals surface area contributed by atoms with Gasteiger partial charge in [0.25, 0.3) is 11.1 Å². The molecule has 440 valence electrons. The van der Waals surface area contributed by atoms with Crippen molar-refractivity contribution >= 4 is 39.1 Å². The van der Waals surface area contributed by atoms with E-state index in [0.717, 1.165) is 132 Å². The molecule has 4 aromatic carbocycles. The van der Waals surface area contributed by atoms with Crippen molar-refractivity contribution in [3.8, 4) is 34.0 Å². The molecule has 0 saturated heterocycles. The monoisotopic (exact) mass is 1120 g/mol. The van der Waals surface area contributed by atoms with Gasteiger partial charge in [-0.25, -0.2) is 9.97 Å². The first-order chi connectivity index (χ1) is 39.8. The second-order valence-electron chi connectivity index (χ2n) is 24.0. The Morgan fingerprint density at radius 2 is 0.904 bits per heavy atom. The fourth-order valence-electron chi connectivity index (χ4n) is 10.9. The van der Waals surface area contributed by atoms with Gasteiger partial charge in [-0.05, 0) is 175 Å². The second-order valence-corrected chi connectivity index (χ2v) is 24.0. The number of aromatic nitrogens is 4. The molecule has 0 spiro atoms.